The second-order valence-electron chi connectivity index (χ2n) is 4.50. The number of ether oxygens (including phenoxy) is 1. The molecule has 0 aliphatic heterocycles. The molecule has 2 nitrogen and oxygen atoms in total. The van der Waals surface area contributed by atoms with Crippen molar-refractivity contribution in [3.63, 3.8) is 0 Å². The minimum atomic E-state index is -0.157. The SMILES string of the molecule is CCNC(COC(C)C)c1ccc(C)c(F)c1. The lowest BCUT2D eigenvalue weighted by atomic mass is 10.1. The Bertz CT molecular complexity index is 352. The summed E-state index contributed by atoms with van der Waals surface area (Å²) in [6, 6.07) is 5.41. The molecule has 1 atom stereocenters. The van der Waals surface area contributed by atoms with Crippen LogP contribution in [-0.4, -0.2) is 19.3 Å². The second kappa shape index (κ2) is 6.72. The van der Waals surface area contributed by atoms with E-state index in [2.05, 4.69) is 5.32 Å². The monoisotopic (exact) mass is 239 g/mol. The summed E-state index contributed by atoms with van der Waals surface area (Å²) >= 11 is 0. The third-order valence-electron chi connectivity index (χ3n) is 2.65. The highest BCUT2D eigenvalue weighted by molar-refractivity contribution is 5.25. The molecule has 0 bridgehead atoms. The quantitative estimate of drug-likeness (QED) is 0.823. The van der Waals surface area contributed by atoms with E-state index in [0.29, 0.717) is 12.2 Å². The van der Waals surface area contributed by atoms with E-state index in [1.54, 1.807) is 13.0 Å². The Balaban J connectivity index is 2.77. The van der Waals surface area contributed by atoms with Crippen LogP contribution in [0.4, 0.5) is 4.39 Å². The molecule has 3 heteroatoms. The van der Waals surface area contributed by atoms with Gasteiger partial charge < -0.3 is 10.1 Å². The standard InChI is InChI=1S/C14H22FNO/c1-5-16-14(9-17-10(2)3)12-7-6-11(4)13(15)8-12/h6-8,10,14,16H,5,9H2,1-4H3. The number of rotatable bonds is 6. The fourth-order valence-electron chi connectivity index (χ4n) is 1.63. The first-order chi connectivity index (χ1) is 8.04. The first-order valence-electron chi connectivity index (χ1n) is 6.15. The lowest BCUT2D eigenvalue weighted by Gasteiger charge is -2.20. The number of nitrogens with one attached hydrogen (secondary N) is 1. The summed E-state index contributed by atoms with van der Waals surface area (Å²) in [4.78, 5) is 0. The van der Waals surface area contributed by atoms with Crippen LogP contribution in [0.25, 0.3) is 0 Å². The highest BCUT2D eigenvalue weighted by Gasteiger charge is 2.12. The van der Waals surface area contributed by atoms with Gasteiger partial charge in [0.05, 0.1) is 18.8 Å². The van der Waals surface area contributed by atoms with E-state index < -0.39 is 0 Å². The van der Waals surface area contributed by atoms with Gasteiger partial charge in [0.2, 0.25) is 0 Å². The van der Waals surface area contributed by atoms with Crippen molar-refractivity contribution in [2.45, 2.75) is 39.8 Å². The number of halogens is 1. The van der Waals surface area contributed by atoms with E-state index >= 15 is 0 Å². The predicted molar refractivity (Wildman–Crippen MR) is 68.6 cm³/mol. The number of hydrogen-bond donors (Lipinski definition) is 1. The Kier molecular flexibility index (Phi) is 5.59. The Morgan fingerprint density at radius 2 is 2.06 bits per heavy atom. The summed E-state index contributed by atoms with van der Waals surface area (Å²) in [5.41, 5.74) is 1.62. The van der Waals surface area contributed by atoms with Crippen LogP contribution in [0.1, 0.15) is 37.9 Å². The molecule has 0 aromatic heterocycles. The van der Waals surface area contributed by atoms with Gasteiger partial charge in [-0.2, -0.15) is 0 Å². The molecule has 0 saturated carbocycles. The van der Waals surface area contributed by atoms with Crippen molar-refractivity contribution >= 4 is 0 Å². The molecule has 0 amide bonds. The van der Waals surface area contributed by atoms with Gasteiger partial charge in [0.25, 0.3) is 0 Å². The fourth-order valence-corrected chi connectivity index (χ4v) is 1.63. The Labute approximate surface area is 103 Å². The van der Waals surface area contributed by atoms with Crippen LogP contribution < -0.4 is 5.32 Å². The van der Waals surface area contributed by atoms with Crippen molar-refractivity contribution in [1.29, 1.82) is 0 Å². The van der Waals surface area contributed by atoms with E-state index in [0.717, 1.165) is 12.1 Å². The average molecular weight is 239 g/mol. The van der Waals surface area contributed by atoms with Gasteiger partial charge in [-0.25, -0.2) is 4.39 Å². The normalized spacial score (nSPS) is 13.1. The summed E-state index contributed by atoms with van der Waals surface area (Å²) in [6.45, 7) is 9.20. The largest absolute Gasteiger partial charge is 0.377 e. The minimum absolute atomic E-state index is 0.0532. The molecule has 0 spiro atoms. The lowest BCUT2D eigenvalue weighted by Crippen LogP contribution is -2.26. The summed E-state index contributed by atoms with van der Waals surface area (Å²) in [6.07, 6.45) is 0.187. The van der Waals surface area contributed by atoms with Crippen LogP contribution >= 0.6 is 0 Å². The molecule has 0 saturated heterocycles. The molecule has 96 valence electrons. The van der Waals surface area contributed by atoms with Gasteiger partial charge in [0, 0.05) is 0 Å². The molecular weight excluding hydrogens is 217 g/mol. The number of aryl methyl sites for hydroxylation is 1. The molecule has 1 aromatic carbocycles. The van der Waals surface area contributed by atoms with Crippen LogP contribution in [0, 0.1) is 12.7 Å². The zero-order valence-corrected chi connectivity index (χ0v) is 11.1. The third kappa shape index (κ3) is 4.44. The van der Waals surface area contributed by atoms with Gasteiger partial charge in [0.15, 0.2) is 0 Å². The van der Waals surface area contributed by atoms with Crippen molar-refractivity contribution in [3.8, 4) is 0 Å². The predicted octanol–water partition coefficient (Wildman–Crippen LogP) is 3.21. The summed E-state index contributed by atoms with van der Waals surface area (Å²) < 4.78 is 19.1. The van der Waals surface area contributed by atoms with Crippen molar-refractivity contribution in [2.24, 2.45) is 0 Å². The van der Waals surface area contributed by atoms with E-state index in [9.17, 15) is 4.39 Å². The van der Waals surface area contributed by atoms with Crippen LogP contribution in [0.2, 0.25) is 0 Å². The number of benzene rings is 1. The maximum Gasteiger partial charge on any atom is 0.126 e. The maximum absolute atomic E-state index is 13.5. The van der Waals surface area contributed by atoms with E-state index in [1.165, 1.54) is 0 Å². The number of hydrogen-bond acceptors (Lipinski definition) is 2. The molecular formula is C14H22FNO. The minimum Gasteiger partial charge on any atom is -0.377 e. The molecule has 0 aliphatic rings. The zero-order chi connectivity index (χ0) is 12.8. The van der Waals surface area contributed by atoms with Gasteiger partial charge in [-0.15, -0.1) is 0 Å². The van der Waals surface area contributed by atoms with Crippen molar-refractivity contribution < 1.29 is 9.13 Å². The van der Waals surface area contributed by atoms with Gasteiger partial charge >= 0.3 is 0 Å². The smallest absolute Gasteiger partial charge is 0.126 e. The van der Waals surface area contributed by atoms with Crippen molar-refractivity contribution in [1.82, 2.24) is 5.32 Å². The summed E-state index contributed by atoms with van der Waals surface area (Å²) in [5.74, 6) is -0.157. The van der Waals surface area contributed by atoms with Gasteiger partial charge in [-0.05, 0) is 44.5 Å². The molecule has 17 heavy (non-hydrogen) atoms. The average Bonchev–Trinajstić information content (AvgIpc) is 2.28. The Hall–Kier alpha value is -0.930. The van der Waals surface area contributed by atoms with Gasteiger partial charge in [-0.1, -0.05) is 19.1 Å². The summed E-state index contributed by atoms with van der Waals surface area (Å²) in [5, 5.41) is 3.31. The molecule has 0 radical (unpaired) electrons. The molecule has 0 heterocycles. The van der Waals surface area contributed by atoms with Gasteiger partial charge in [-0.3, -0.25) is 0 Å². The van der Waals surface area contributed by atoms with Crippen LogP contribution in [0.5, 0.6) is 0 Å². The van der Waals surface area contributed by atoms with Crippen LogP contribution in [0.3, 0.4) is 0 Å². The van der Waals surface area contributed by atoms with Crippen LogP contribution in [-0.2, 0) is 4.74 Å². The molecule has 1 aromatic rings. The fraction of sp³-hybridized carbons (Fsp3) is 0.571. The van der Waals surface area contributed by atoms with Crippen LogP contribution in [0.15, 0.2) is 18.2 Å². The van der Waals surface area contributed by atoms with Crippen molar-refractivity contribution in [2.75, 3.05) is 13.2 Å². The molecule has 1 rings (SSSR count). The van der Waals surface area contributed by atoms with E-state index in [4.69, 9.17) is 4.74 Å². The second-order valence-corrected chi connectivity index (χ2v) is 4.50. The number of likely N-dealkylation sites (N-methyl/N-ethyl adjacent to an activating group) is 1. The maximum atomic E-state index is 13.5. The van der Waals surface area contributed by atoms with Crippen molar-refractivity contribution in [3.05, 3.63) is 35.1 Å². The molecule has 0 aliphatic carbocycles. The van der Waals surface area contributed by atoms with E-state index in [1.807, 2.05) is 32.9 Å². The first-order valence-corrected chi connectivity index (χ1v) is 6.15. The first kappa shape index (κ1) is 14.1. The highest BCUT2D eigenvalue weighted by Crippen LogP contribution is 2.17. The van der Waals surface area contributed by atoms with Gasteiger partial charge in [0.1, 0.15) is 5.82 Å². The Morgan fingerprint density at radius 1 is 1.35 bits per heavy atom. The molecule has 0 fully saturated rings. The topological polar surface area (TPSA) is 21.3 Å². The Morgan fingerprint density at radius 3 is 2.59 bits per heavy atom. The van der Waals surface area contributed by atoms with E-state index in [-0.39, 0.29) is 18.0 Å². The zero-order valence-electron chi connectivity index (χ0n) is 11.1. The summed E-state index contributed by atoms with van der Waals surface area (Å²) in [7, 11) is 0. The highest BCUT2D eigenvalue weighted by atomic mass is 19.1. The third-order valence-corrected chi connectivity index (χ3v) is 2.65. The molecule has 1 unspecified atom stereocenters. The molecule has 1 N–H and O–H groups in total. The lowest BCUT2D eigenvalue weighted by molar-refractivity contribution is 0.0614.